The van der Waals surface area contributed by atoms with Crippen molar-refractivity contribution in [2.45, 2.75) is 57.3 Å². The maximum absolute atomic E-state index is 12.4. The molecule has 2 bridgehead atoms. The van der Waals surface area contributed by atoms with E-state index >= 15 is 0 Å². The van der Waals surface area contributed by atoms with E-state index in [9.17, 15) is 9.90 Å². The molecule has 1 saturated carbocycles. The van der Waals surface area contributed by atoms with E-state index in [4.69, 9.17) is 4.74 Å². The van der Waals surface area contributed by atoms with Gasteiger partial charge < -0.3 is 14.7 Å². The number of likely N-dealkylation sites (tertiary alicyclic amines) is 1. The zero-order valence-electron chi connectivity index (χ0n) is 13.8. The zero-order valence-corrected chi connectivity index (χ0v) is 15.3. The lowest BCUT2D eigenvalue weighted by atomic mass is 9.73. The molecule has 0 radical (unpaired) electrons. The van der Waals surface area contributed by atoms with Crippen LogP contribution in [0.4, 0.5) is 4.79 Å². The van der Waals surface area contributed by atoms with Gasteiger partial charge in [-0.2, -0.15) is 0 Å². The molecule has 1 aliphatic heterocycles. The highest BCUT2D eigenvalue weighted by molar-refractivity contribution is 9.10. The number of carbonyl (C=O) groups excluding carboxylic acids is 1. The normalized spacial score (nSPS) is 30.4. The van der Waals surface area contributed by atoms with Gasteiger partial charge in [0, 0.05) is 30.3 Å². The van der Waals surface area contributed by atoms with Crippen molar-refractivity contribution in [1.82, 2.24) is 9.88 Å². The quantitative estimate of drug-likeness (QED) is 0.755. The van der Waals surface area contributed by atoms with Crippen molar-refractivity contribution >= 4 is 22.0 Å². The molecule has 1 amide bonds. The molecule has 1 aromatic heterocycles. The predicted octanol–water partition coefficient (Wildman–Crippen LogP) is 3.45. The summed E-state index contributed by atoms with van der Waals surface area (Å²) in [7, 11) is 0. The highest BCUT2D eigenvalue weighted by Crippen LogP contribution is 2.49. The SMILES string of the molecule is CC(C)(C)OC(=O)N1CC2CC1CCC2(O)c1cccnc1Br. The minimum atomic E-state index is -0.944. The summed E-state index contributed by atoms with van der Waals surface area (Å²) in [5, 5.41) is 11.3. The average molecular weight is 383 g/mol. The number of aliphatic hydroxyl groups is 1. The van der Waals surface area contributed by atoms with Gasteiger partial charge in [0.05, 0.1) is 5.60 Å². The van der Waals surface area contributed by atoms with Crippen LogP contribution in [0.1, 0.15) is 45.6 Å². The summed E-state index contributed by atoms with van der Waals surface area (Å²) in [6.07, 6.45) is 3.63. The molecule has 6 heteroatoms. The third-order valence-electron chi connectivity index (χ3n) is 4.80. The number of halogens is 1. The number of hydrogen-bond donors (Lipinski definition) is 1. The van der Waals surface area contributed by atoms with Crippen LogP contribution in [0.5, 0.6) is 0 Å². The molecule has 2 aliphatic rings. The van der Waals surface area contributed by atoms with Gasteiger partial charge in [-0.15, -0.1) is 0 Å². The number of rotatable bonds is 1. The number of fused-ring (bicyclic) bond motifs is 2. The summed E-state index contributed by atoms with van der Waals surface area (Å²) < 4.78 is 6.19. The molecule has 126 valence electrons. The average Bonchev–Trinajstić information content (AvgIpc) is 2.83. The molecule has 3 unspecified atom stereocenters. The van der Waals surface area contributed by atoms with Crippen LogP contribution >= 0.6 is 15.9 Å². The van der Waals surface area contributed by atoms with Crippen LogP contribution in [-0.2, 0) is 10.3 Å². The van der Waals surface area contributed by atoms with Crippen molar-refractivity contribution in [1.29, 1.82) is 0 Å². The number of hydrogen-bond acceptors (Lipinski definition) is 4. The summed E-state index contributed by atoms with van der Waals surface area (Å²) in [4.78, 5) is 18.4. The van der Waals surface area contributed by atoms with E-state index in [-0.39, 0.29) is 18.1 Å². The Morgan fingerprint density at radius 1 is 1.52 bits per heavy atom. The maximum Gasteiger partial charge on any atom is 0.410 e. The number of aromatic nitrogens is 1. The minimum absolute atomic E-state index is 0.00858. The molecule has 1 aliphatic carbocycles. The molecule has 5 nitrogen and oxygen atoms in total. The highest BCUT2D eigenvalue weighted by Gasteiger charge is 2.52. The first-order valence-electron chi connectivity index (χ1n) is 8.04. The molecule has 1 saturated heterocycles. The Bertz CT molecular complexity index is 616. The number of carbonyl (C=O) groups is 1. The fourth-order valence-electron chi connectivity index (χ4n) is 3.73. The first-order valence-corrected chi connectivity index (χ1v) is 8.83. The van der Waals surface area contributed by atoms with Gasteiger partial charge in [-0.25, -0.2) is 9.78 Å². The fourth-order valence-corrected chi connectivity index (χ4v) is 4.33. The van der Waals surface area contributed by atoms with Crippen LogP contribution in [0.2, 0.25) is 0 Å². The van der Waals surface area contributed by atoms with Crippen LogP contribution in [0, 0.1) is 5.92 Å². The molecular formula is C17H23BrN2O3. The molecule has 3 atom stereocenters. The van der Waals surface area contributed by atoms with E-state index in [1.807, 2.05) is 32.9 Å². The van der Waals surface area contributed by atoms with Crippen molar-refractivity contribution in [3.05, 3.63) is 28.5 Å². The molecule has 0 aromatic carbocycles. The largest absolute Gasteiger partial charge is 0.444 e. The van der Waals surface area contributed by atoms with E-state index < -0.39 is 11.2 Å². The standard InChI is InChI=1S/C17H23BrN2O3/c1-16(2,3)23-15(21)20-10-11-9-12(20)6-7-17(11,22)13-5-4-8-19-14(13)18/h4-5,8,11-12,22H,6-7,9-10H2,1-3H3. The van der Waals surface area contributed by atoms with E-state index in [1.54, 1.807) is 11.1 Å². The summed E-state index contributed by atoms with van der Waals surface area (Å²) in [5.41, 5.74) is -0.633. The molecule has 1 aromatic rings. The summed E-state index contributed by atoms with van der Waals surface area (Å²) in [6, 6.07) is 3.91. The highest BCUT2D eigenvalue weighted by atomic mass is 79.9. The van der Waals surface area contributed by atoms with E-state index in [0.717, 1.165) is 18.4 Å². The van der Waals surface area contributed by atoms with Crippen LogP contribution < -0.4 is 0 Å². The van der Waals surface area contributed by atoms with Crippen LogP contribution in [0.15, 0.2) is 22.9 Å². The molecule has 2 fully saturated rings. The Balaban J connectivity index is 1.82. The smallest absolute Gasteiger partial charge is 0.410 e. The molecular weight excluding hydrogens is 360 g/mol. The lowest BCUT2D eigenvalue weighted by Crippen LogP contribution is -2.39. The Kier molecular flexibility index (Phi) is 4.17. The van der Waals surface area contributed by atoms with Gasteiger partial charge in [0.15, 0.2) is 0 Å². The molecule has 23 heavy (non-hydrogen) atoms. The number of pyridine rings is 1. The van der Waals surface area contributed by atoms with Gasteiger partial charge in [-0.3, -0.25) is 0 Å². The van der Waals surface area contributed by atoms with Gasteiger partial charge in [-0.05, 0) is 62.0 Å². The number of ether oxygens (including phenoxy) is 1. The predicted molar refractivity (Wildman–Crippen MR) is 89.9 cm³/mol. The van der Waals surface area contributed by atoms with Crippen molar-refractivity contribution in [2.75, 3.05) is 6.54 Å². The minimum Gasteiger partial charge on any atom is -0.444 e. The second-order valence-corrected chi connectivity index (χ2v) is 8.27. The number of amides is 1. The van der Waals surface area contributed by atoms with Crippen LogP contribution in [0.3, 0.4) is 0 Å². The maximum atomic E-state index is 12.4. The molecule has 0 spiro atoms. The van der Waals surface area contributed by atoms with E-state index in [0.29, 0.717) is 17.6 Å². The molecule has 3 rings (SSSR count). The van der Waals surface area contributed by atoms with Gasteiger partial charge in [0.25, 0.3) is 0 Å². The van der Waals surface area contributed by atoms with Crippen molar-refractivity contribution < 1.29 is 14.6 Å². The fraction of sp³-hybridized carbons (Fsp3) is 0.647. The van der Waals surface area contributed by atoms with Crippen molar-refractivity contribution in [3.63, 3.8) is 0 Å². The third kappa shape index (κ3) is 3.11. The molecule has 1 N–H and O–H groups in total. The van der Waals surface area contributed by atoms with Crippen LogP contribution in [0.25, 0.3) is 0 Å². The second kappa shape index (κ2) is 5.74. The lowest BCUT2D eigenvalue weighted by Gasteiger charge is -2.37. The van der Waals surface area contributed by atoms with Crippen molar-refractivity contribution in [3.8, 4) is 0 Å². The molecule has 2 heterocycles. The van der Waals surface area contributed by atoms with Gasteiger partial charge in [0.2, 0.25) is 0 Å². The number of nitrogens with zero attached hydrogens (tertiary/aromatic N) is 2. The Hall–Kier alpha value is -1.14. The Morgan fingerprint density at radius 3 is 2.91 bits per heavy atom. The van der Waals surface area contributed by atoms with E-state index in [1.165, 1.54) is 0 Å². The third-order valence-corrected chi connectivity index (χ3v) is 5.43. The summed E-state index contributed by atoms with van der Waals surface area (Å²) in [5.74, 6) is 0.00858. The van der Waals surface area contributed by atoms with Gasteiger partial charge in [-0.1, -0.05) is 6.07 Å². The topological polar surface area (TPSA) is 62.7 Å². The van der Waals surface area contributed by atoms with E-state index in [2.05, 4.69) is 20.9 Å². The second-order valence-electron chi connectivity index (χ2n) is 7.52. The first kappa shape index (κ1) is 16.7. The van der Waals surface area contributed by atoms with Gasteiger partial charge >= 0.3 is 6.09 Å². The van der Waals surface area contributed by atoms with Crippen LogP contribution in [-0.4, -0.2) is 39.3 Å². The Morgan fingerprint density at radius 2 is 2.26 bits per heavy atom. The van der Waals surface area contributed by atoms with Crippen molar-refractivity contribution in [2.24, 2.45) is 5.92 Å². The van der Waals surface area contributed by atoms with Gasteiger partial charge in [0.1, 0.15) is 10.2 Å². The summed E-state index contributed by atoms with van der Waals surface area (Å²) in [6.45, 7) is 6.14. The Labute approximate surface area is 145 Å². The zero-order chi connectivity index (χ0) is 16.8. The summed E-state index contributed by atoms with van der Waals surface area (Å²) >= 11 is 3.44. The first-order chi connectivity index (χ1) is 10.7. The monoisotopic (exact) mass is 382 g/mol. The lowest BCUT2D eigenvalue weighted by molar-refractivity contribution is -0.0398.